The Balaban J connectivity index is 3.99. The molecule has 0 amide bonds. The fourth-order valence-electron chi connectivity index (χ4n) is 0.382. The number of rotatable bonds is 2. The van der Waals surface area contributed by atoms with Gasteiger partial charge in [0.05, 0.1) is 8.61 Å². The molecule has 0 aliphatic carbocycles. The normalized spacial score (nSPS) is 16.6. The van der Waals surface area contributed by atoms with Crippen LogP contribution in [0.15, 0.2) is 0 Å². The lowest BCUT2D eigenvalue weighted by atomic mass is 10.2. The van der Waals surface area contributed by atoms with Crippen LogP contribution in [-0.2, 0) is 0 Å². The molecular weight excluding hydrogens is 362 g/mol. The van der Waals surface area contributed by atoms with Gasteiger partial charge >= 0.3 is 0 Å². The second-order valence-corrected chi connectivity index (χ2v) is 9.64. The van der Waals surface area contributed by atoms with Crippen LogP contribution in [0.25, 0.3) is 0 Å². The third-order valence-corrected chi connectivity index (χ3v) is 3.65. The van der Waals surface area contributed by atoms with E-state index in [1.165, 1.54) is 0 Å². The van der Waals surface area contributed by atoms with Crippen molar-refractivity contribution in [2.75, 3.05) is 0 Å². The number of halogens is 6. The molecule has 0 N–H and O–H groups in total. The van der Waals surface area contributed by atoms with Crippen molar-refractivity contribution >= 4 is 78.3 Å². The van der Waals surface area contributed by atoms with Crippen molar-refractivity contribution in [2.45, 2.75) is 25.7 Å². The minimum Gasteiger partial charge on any atom is -0.120 e. The second kappa shape index (κ2) is 4.56. The van der Waals surface area contributed by atoms with Crippen LogP contribution in [0.3, 0.4) is 0 Å². The lowest BCUT2D eigenvalue weighted by Crippen LogP contribution is -2.25. The summed E-state index contributed by atoms with van der Waals surface area (Å²) in [7, 11) is 0. The second-order valence-electron chi connectivity index (χ2n) is 2.24. The van der Waals surface area contributed by atoms with Crippen molar-refractivity contribution in [3.63, 3.8) is 0 Å². The van der Waals surface area contributed by atoms with Gasteiger partial charge in [0.1, 0.15) is 0 Å². The van der Waals surface area contributed by atoms with Crippen LogP contribution in [0.1, 0.15) is 13.3 Å². The summed E-state index contributed by atoms with van der Waals surface area (Å²) in [5.74, 6) is 0. The molecule has 0 saturated carbocycles. The van der Waals surface area contributed by atoms with Gasteiger partial charge in [0.25, 0.3) is 0 Å². The molecule has 0 fully saturated rings. The molecular formula is C5H6Br2Cl4. The molecule has 0 aromatic carbocycles. The lowest BCUT2D eigenvalue weighted by molar-refractivity contribution is 0.740. The lowest BCUT2D eigenvalue weighted by Gasteiger charge is -2.24. The van der Waals surface area contributed by atoms with Crippen LogP contribution in [0.5, 0.6) is 0 Å². The van der Waals surface area contributed by atoms with Crippen LogP contribution < -0.4 is 0 Å². The van der Waals surface area contributed by atoms with Gasteiger partial charge in [-0.2, -0.15) is 0 Å². The molecule has 0 aliphatic heterocycles. The third kappa shape index (κ3) is 7.21. The Labute approximate surface area is 103 Å². The van der Waals surface area contributed by atoms with Crippen LogP contribution in [0, 0.1) is 0 Å². The highest BCUT2D eigenvalue weighted by atomic mass is 79.9. The summed E-state index contributed by atoms with van der Waals surface area (Å²) in [6.07, 6.45) is 0.284. The average molecular weight is 368 g/mol. The molecule has 0 spiro atoms. The highest BCUT2D eigenvalue weighted by molar-refractivity contribution is 9.25. The molecule has 0 nitrogen and oxygen atoms in total. The van der Waals surface area contributed by atoms with Gasteiger partial charge in [-0.3, -0.25) is 0 Å². The van der Waals surface area contributed by atoms with Crippen molar-refractivity contribution < 1.29 is 0 Å². The molecule has 6 heteroatoms. The topological polar surface area (TPSA) is 0 Å². The molecule has 0 bridgehead atoms. The smallest absolute Gasteiger partial charge is 0.120 e. The summed E-state index contributed by atoms with van der Waals surface area (Å²) in [6, 6.07) is 0. The van der Waals surface area contributed by atoms with Crippen molar-refractivity contribution in [2.24, 2.45) is 0 Å². The Bertz CT molecular complexity index is 125. The third-order valence-electron chi connectivity index (χ3n) is 0.961. The highest BCUT2D eigenvalue weighted by Crippen LogP contribution is 2.41. The van der Waals surface area contributed by atoms with Crippen LogP contribution >= 0.6 is 78.3 Å². The summed E-state index contributed by atoms with van der Waals surface area (Å²) >= 11 is 29.1. The van der Waals surface area contributed by atoms with E-state index in [9.17, 15) is 0 Å². The Kier molecular flexibility index (Phi) is 5.44. The maximum Gasteiger partial charge on any atom is 0.192 e. The van der Waals surface area contributed by atoms with Crippen molar-refractivity contribution in [1.82, 2.24) is 0 Å². The number of alkyl halides is 6. The molecule has 0 rings (SSSR count). The van der Waals surface area contributed by atoms with Crippen LogP contribution in [-0.4, -0.2) is 12.4 Å². The zero-order valence-corrected chi connectivity index (χ0v) is 11.7. The van der Waals surface area contributed by atoms with E-state index < -0.39 is 7.03 Å². The van der Waals surface area contributed by atoms with E-state index in [-0.39, 0.29) is 11.8 Å². The summed E-state index contributed by atoms with van der Waals surface area (Å²) in [4.78, 5) is 0. The SMILES string of the molecule is CC(Br)(Br)C(Cl)CC(Cl)(Cl)Cl. The Morgan fingerprint density at radius 3 is 1.73 bits per heavy atom. The minimum atomic E-state index is -1.30. The first-order valence-electron chi connectivity index (χ1n) is 2.71. The van der Waals surface area contributed by atoms with Gasteiger partial charge in [-0.15, -0.1) is 11.6 Å². The molecule has 0 aromatic rings. The van der Waals surface area contributed by atoms with E-state index in [4.69, 9.17) is 46.4 Å². The van der Waals surface area contributed by atoms with Gasteiger partial charge in [-0.25, -0.2) is 0 Å². The van der Waals surface area contributed by atoms with Crippen molar-refractivity contribution in [3.8, 4) is 0 Å². The number of hydrogen-bond acceptors (Lipinski definition) is 0. The minimum absolute atomic E-state index is 0.282. The molecule has 0 saturated heterocycles. The van der Waals surface area contributed by atoms with Gasteiger partial charge in [-0.05, 0) is 6.92 Å². The maximum absolute atomic E-state index is 5.89. The quantitative estimate of drug-likeness (QED) is 0.611. The van der Waals surface area contributed by atoms with E-state index in [1.54, 1.807) is 0 Å². The molecule has 68 valence electrons. The zero-order valence-electron chi connectivity index (χ0n) is 5.55. The fraction of sp³-hybridized carbons (Fsp3) is 1.00. The zero-order chi connectivity index (χ0) is 9.28. The summed E-state index contributed by atoms with van der Waals surface area (Å²) in [5, 5.41) is -0.282. The van der Waals surface area contributed by atoms with E-state index >= 15 is 0 Å². The van der Waals surface area contributed by atoms with Crippen molar-refractivity contribution in [3.05, 3.63) is 0 Å². The van der Waals surface area contributed by atoms with E-state index in [0.717, 1.165) is 0 Å². The molecule has 11 heavy (non-hydrogen) atoms. The first kappa shape index (κ1) is 13.1. The Morgan fingerprint density at radius 2 is 1.64 bits per heavy atom. The Morgan fingerprint density at radius 1 is 1.27 bits per heavy atom. The van der Waals surface area contributed by atoms with E-state index in [2.05, 4.69) is 31.9 Å². The van der Waals surface area contributed by atoms with Gasteiger partial charge in [-0.1, -0.05) is 66.7 Å². The Hall–Kier alpha value is 2.12. The average Bonchev–Trinajstić information content (AvgIpc) is 1.56. The fourth-order valence-corrected chi connectivity index (χ4v) is 1.64. The van der Waals surface area contributed by atoms with Gasteiger partial charge in [0.2, 0.25) is 0 Å². The maximum atomic E-state index is 5.89. The molecule has 1 unspecified atom stereocenters. The predicted octanol–water partition coefficient (Wildman–Crippen LogP) is 4.86. The molecule has 0 aromatic heterocycles. The molecule has 1 atom stereocenters. The number of hydrogen-bond donors (Lipinski definition) is 0. The van der Waals surface area contributed by atoms with E-state index in [0.29, 0.717) is 0 Å². The first-order valence-corrected chi connectivity index (χ1v) is 5.87. The summed E-state index contributed by atoms with van der Waals surface area (Å²) in [6.45, 7) is 1.85. The van der Waals surface area contributed by atoms with Crippen molar-refractivity contribution in [1.29, 1.82) is 0 Å². The van der Waals surface area contributed by atoms with Gasteiger partial charge in [0, 0.05) is 6.42 Å². The monoisotopic (exact) mass is 364 g/mol. The molecule has 0 radical (unpaired) electrons. The van der Waals surface area contributed by atoms with Crippen LogP contribution in [0.4, 0.5) is 0 Å². The predicted molar refractivity (Wildman–Crippen MR) is 60.8 cm³/mol. The van der Waals surface area contributed by atoms with Crippen LogP contribution in [0.2, 0.25) is 0 Å². The highest BCUT2D eigenvalue weighted by Gasteiger charge is 2.33. The van der Waals surface area contributed by atoms with Gasteiger partial charge in [0.15, 0.2) is 3.79 Å². The summed E-state index contributed by atoms with van der Waals surface area (Å²) < 4.78 is -1.69. The van der Waals surface area contributed by atoms with Gasteiger partial charge < -0.3 is 0 Å². The largest absolute Gasteiger partial charge is 0.192 e. The summed E-state index contributed by atoms with van der Waals surface area (Å²) in [5.41, 5.74) is 0. The molecule has 0 heterocycles. The molecule has 0 aliphatic rings. The first-order chi connectivity index (χ1) is 4.63. The van der Waals surface area contributed by atoms with E-state index in [1.807, 2.05) is 6.92 Å². The standard InChI is InChI=1S/C5H6Br2Cl4/c1-4(6,7)3(8)2-5(9,10)11/h3H,2H2,1H3.